The molecular formula is C27H34N4O3S. The third kappa shape index (κ3) is 6.52. The monoisotopic (exact) mass is 494 g/mol. The van der Waals surface area contributed by atoms with E-state index in [1.807, 2.05) is 54.3 Å². The van der Waals surface area contributed by atoms with Gasteiger partial charge in [-0.05, 0) is 67.9 Å². The topological polar surface area (TPSA) is 85.5 Å². The summed E-state index contributed by atoms with van der Waals surface area (Å²) in [7, 11) is -2.59. The van der Waals surface area contributed by atoms with Crippen LogP contribution in [0.3, 0.4) is 0 Å². The number of fused-ring (bicyclic) bond motifs is 1. The smallest absolute Gasteiger partial charge is 0.270 e. The summed E-state index contributed by atoms with van der Waals surface area (Å²) in [5, 5.41) is 1.05. The molecule has 3 aromatic rings. The van der Waals surface area contributed by atoms with E-state index in [9.17, 15) is 13.8 Å². The van der Waals surface area contributed by atoms with Crippen LogP contribution in [-0.4, -0.2) is 69.1 Å². The molecule has 2 unspecified atom stereocenters. The number of amides is 2. The van der Waals surface area contributed by atoms with Gasteiger partial charge in [0.05, 0.1) is 0 Å². The van der Waals surface area contributed by atoms with E-state index in [-0.39, 0.29) is 11.8 Å². The van der Waals surface area contributed by atoms with Gasteiger partial charge in [0.25, 0.3) is 11.8 Å². The Hall–Kier alpha value is -3.10. The van der Waals surface area contributed by atoms with Crippen LogP contribution in [0.4, 0.5) is 0 Å². The fourth-order valence-electron chi connectivity index (χ4n) is 4.74. The van der Waals surface area contributed by atoms with Gasteiger partial charge >= 0.3 is 0 Å². The molecule has 7 nitrogen and oxygen atoms in total. The molecule has 1 aromatic heterocycles. The average molecular weight is 495 g/mol. The minimum absolute atomic E-state index is 0.0491. The van der Waals surface area contributed by atoms with Crippen molar-refractivity contribution in [1.29, 1.82) is 0 Å². The molecule has 1 fully saturated rings. The molecule has 2 atom stereocenters. The molecule has 186 valence electrons. The van der Waals surface area contributed by atoms with Crippen molar-refractivity contribution in [2.75, 3.05) is 32.4 Å². The second-order valence-electron chi connectivity index (χ2n) is 9.49. The predicted molar refractivity (Wildman–Crippen MR) is 143 cm³/mol. The molecule has 0 radical (unpaired) electrons. The molecule has 2 amide bonds. The number of hydrogen-bond donors (Lipinski definition) is 2. The molecule has 2 N–H and O–H groups in total. The minimum Gasteiger partial charge on any atom is -0.351 e. The molecule has 1 saturated heterocycles. The predicted octanol–water partition coefficient (Wildman–Crippen LogP) is 3.53. The van der Waals surface area contributed by atoms with Crippen LogP contribution < -0.4 is 4.72 Å². The SMILES string of the molecule is C=S(C)(=O)NC(=O)c1ccc(CN2CCCC(CN(CC)C(=O)c3cc4ccccc4[nH]3)C2)cc1. The molecule has 0 spiro atoms. The first-order valence-electron chi connectivity index (χ1n) is 12.0. The van der Waals surface area contributed by atoms with Gasteiger partial charge in [-0.15, -0.1) is 0 Å². The molecule has 4 rings (SSSR count). The molecule has 0 saturated carbocycles. The number of carbonyl (C=O) groups excluding carboxylic acids is 2. The van der Waals surface area contributed by atoms with Crippen LogP contribution >= 0.6 is 0 Å². The second kappa shape index (κ2) is 10.7. The second-order valence-corrected chi connectivity index (χ2v) is 11.7. The zero-order chi connectivity index (χ0) is 25.0. The molecule has 8 heteroatoms. The summed E-state index contributed by atoms with van der Waals surface area (Å²) >= 11 is 0. The highest BCUT2D eigenvalue weighted by Crippen LogP contribution is 2.22. The third-order valence-corrected chi connectivity index (χ3v) is 7.06. The van der Waals surface area contributed by atoms with E-state index in [4.69, 9.17) is 0 Å². The Bertz CT molecular complexity index is 1260. The summed E-state index contributed by atoms with van der Waals surface area (Å²) in [4.78, 5) is 33.0. The minimum atomic E-state index is -2.59. The lowest BCUT2D eigenvalue weighted by Crippen LogP contribution is -2.42. The van der Waals surface area contributed by atoms with Gasteiger partial charge < -0.3 is 9.88 Å². The van der Waals surface area contributed by atoms with Crippen LogP contribution in [0.25, 0.3) is 10.9 Å². The third-order valence-electron chi connectivity index (χ3n) is 6.44. The fraction of sp³-hybridized carbons (Fsp3) is 0.370. The van der Waals surface area contributed by atoms with Crippen molar-refractivity contribution in [1.82, 2.24) is 19.5 Å². The Balaban J connectivity index is 1.35. The maximum absolute atomic E-state index is 13.2. The quantitative estimate of drug-likeness (QED) is 0.469. The summed E-state index contributed by atoms with van der Waals surface area (Å²) in [6.07, 6.45) is 3.60. The van der Waals surface area contributed by atoms with E-state index in [1.165, 1.54) is 6.26 Å². The summed E-state index contributed by atoms with van der Waals surface area (Å²) in [5.41, 5.74) is 3.21. The lowest BCUT2D eigenvalue weighted by atomic mass is 9.96. The van der Waals surface area contributed by atoms with Crippen LogP contribution in [0, 0.1) is 5.92 Å². The summed E-state index contributed by atoms with van der Waals surface area (Å²) in [6.45, 7) is 6.18. The Morgan fingerprint density at radius 2 is 1.94 bits per heavy atom. The molecule has 0 aliphatic carbocycles. The van der Waals surface area contributed by atoms with E-state index in [0.29, 0.717) is 23.7 Å². The molecule has 2 aromatic carbocycles. The molecule has 35 heavy (non-hydrogen) atoms. The number of piperidine rings is 1. The van der Waals surface area contributed by atoms with Gasteiger partial charge in [-0.3, -0.25) is 19.2 Å². The Kier molecular flexibility index (Phi) is 7.62. The van der Waals surface area contributed by atoms with Crippen LogP contribution in [0.1, 0.15) is 46.2 Å². The van der Waals surface area contributed by atoms with Crippen molar-refractivity contribution in [2.45, 2.75) is 26.3 Å². The number of rotatable bonds is 8. The number of para-hydroxylation sites is 1. The van der Waals surface area contributed by atoms with Gasteiger partial charge in [-0.2, -0.15) is 0 Å². The Morgan fingerprint density at radius 1 is 1.20 bits per heavy atom. The number of nitrogens with zero attached hydrogens (tertiary/aromatic N) is 2. The van der Waals surface area contributed by atoms with E-state index in [0.717, 1.165) is 55.5 Å². The van der Waals surface area contributed by atoms with Gasteiger partial charge in [0, 0.05) is 58.6 Å². The molecule has 1 aliphatic rings. The first-order valence-corrected chi connectivity index (χ1v) is 14.2. The van der Waals surface area contributed by atoms with Crippen molar-refractivity contribution in [3.8, 4) is 0 Å². The van der Waals surface area contributed by atoms with Gasteiger partial charge in [0.1, 0.15) is 5.69 Å². The Labute approximate surface area is 207 Å². The molecule has 2 heterocycles. The summed E-state index contributed by atoms with van der Waals surface area (Å²) < 4.78 is 14.1. The van der Waals surface area contributed by atoms with E-state index >= 15 is 0 Å². The number of H-pyrrole nitrogens is 1. The highest BCUT2D eigenvalue weighted by Gasteiger charge is 2.25. The molecular weight excluding hydrogens is 460 g/mol. The number of nitrogens with one attached hydrogen (secondary N) is 2. The van der Waals surface area contributed by atoms with Crippen molar-refractivity contribution in [3.63, 3.8) is 0 Å². The summed E-state index contributed by atoms with van der Waals surface area (Å²) in [5.74, 6) is 3.55. The van der Waals surface area contributed by atoms with Crippen molar-refractivity contribution >= 4 is 38.3 Å². The van der Waals surface area contributed by atoms with E-state index in [2.05, 4.69) is 20.5 Å². The number of carbonyl (C=O) groups is 2. The van der Waals surface area contributed by atoms with Gasteiger partial charge in [0.15, 0.2) is 0 Å². The van der Waals surface area contributed by atoms with Gasteiger partial charge in [0.2, 0.25) is 0 Å². The van der Waals surface area contributed by atoms with Crippen LogP contribution in [0.5, 0.6) is 0 Å². The number of likely N-dealkylation sites (tertiary alicyclic amines) is 1. The maximum atomic E-state index is 13.2. The lowest BCUT2D eigenvalue weighted by Gasteiger charge is -2.35. The number of hydrogen-bond acceptors (Lipinski definition) is 4. The van der Waals surface area contributed by atoms with Crippen LogP contribution in [0.2, 0.25) is 0 Å². The van der Waals surface area contributed by atoms with Crippen LogP contribution in [-0.2, 0) is 16.3 Å². The van der Waals surface area contributed by atoms with Crippen molar-refractivity contribution in [3.05, 3.63) is 71.4 Å². The first kappa shape index (κ1) is 25.0. The standard InChI is InChI=1S/C27H34N4O3S/c1-4-31(27(33)25-16-23-9-5-6-10-24(23)28-25)19-21-8-7-15-30(18-21)17-20-11-13-22(14-12-20)26(32)29-35(2,3)34/h5-6,9-14,16,21,28H,2,4,7-8,15,17-19H2,1,3H3,(H,29,32,34). The number of aromatic nitrogens is 1. The van der Waals surface area contributed by atoms with E-state index < -0.39 is 9.71 Å². The molecule has 0 bridgehead atoms. The normalized spacial score (nSPS) is 18.2. The van der Waals surface area contributed by atoms with Crippen molar-refractivity contribution < 1.29 is 13.8 Å². The van der Waals surface area contributed by atoms with Crippen molar-refractivity contribution in [2.24, 2.45) is 5.92 Å². The Morgan fingerprint density at radius 3 is 2.63 bits per heavy atom. The number of benzene rings is 2. The lowest BCUT2D eigenvalue weighted by molar-refractivity contribution is 0.0680. The average Bonchev–Trinajstić information content (AvgIpc) is 3.26. The molecule has 1 aliphatic heterocycles. The van der Waals surface area contributed by atoms with E-state index in [1.54, 1.807) is 12.1 Å². The summed E-state index contributed by atoms with van der Waals surface area (Å²) in [6, 6.07) is 17.3. The highest BCUT2D eigenvalue weighted by atomic mass is 32.2. The number of aromatic amines is 1. The fourth-order valence-corrected chi connectivity index (χ4v) is 5.25. The van der Waals surface area contributed by atoms with Gasteiger partial charge in [-0.25, -0.2) is 4.21 Å². The maximum Gasteiger partial charge on any atom is 0.270 e. The highest BCUT2D eigenvalue weighted by molar-refractivity contribution is 7.98. The first-order chi connectivity index (χ1) is 16.7. The largest absolute Gasteiger partial charge is 0.351 e. The zero-order valence-corrected chi connectivity index (χ0v) is 21.3. The zero-order valence-electron chi connectivity index (χ0n) is 20.5. The van der Waals surface area contributed by atoms with Gasteiger partial charge in [-0.1, -0.05) is 30.3 Å². The van der Waals surface area contributed by atoms with Crippen LogP contribution in [0.15, 0.2) is 54.6 Å².